The quantitative estimate of drug-likeness (QED) is 0.539. The molecule has 33 heavy (non-hydrogen) atoms. The summed E-state index contributed by atoms with van der Waals surface area (Å²) in [5.74, 6) is 1.47. The van der Waals surface area contributed by atoms with Gasteiger partial charge < -0.3 is 29.4 Å². The van der Waals surface area contributed by atoms with Crippen LogP contribution in [0.1, 0.15) is 29.5 Å². The molecule has 1 aromatic heterocycles. The normalized spacial score (nSPS) is 16.8. The first kappa shape index (κ1) is 21.7. The molecule has 8 heteroatoms. The molecule has 2 aliphatic heterocycles. The highest BCUT2D eigenvalue weighted by Gasteiger charge is 2.20. The number of thiocarbonyl (C=S) groups is 1. The molecule has 7 nitrogen and oxygen atoms in total. The van der Waals surface area contributed by atoms with Gasteiger partial charge in [-0.3, -0.25) is 4.79 Å². The zero-order valence-corrected chi connectivity index (χ0v) is 19.4. The summed E-state index contributed by atoms with van der Waals surface area (Å²) in [5, 5.41) is 4.93. The summed E-state index contributed by atoms with van der Waals surface area (Å²) in [5.41, 5.74) is 3.52. The van der Waals surface area contributed by atoms with Crippen molar-refractivity contribution in [1.82, 2.24) is 15.2 Å². The largest absolute Gasteiger partial charge is 0.454 e. The molecule has 2 aliphatic rings. The predicted octanol–water partition coefficient (Wildman–Crippen LogP) is 3.62. The second-order valence-electron chi connectivity index (χ2n) is 8.58. The lowest BCUT2D eigenvalue weighted by atomic mass is 10.1. The van der Waals surface area contributed by atoms with Gasteiger partial charge in [0.15, 0.2) is 16.6 Å². The molecule has 0 spiro atoms. The number of aryl methyl sites for hydroxylation is 1. The molecule has 0 bridgehead atoms. The van der Waals surface area contributed by atoms with Crippen molar-refractivity contribution in [3.63, 3.8) is 0 Å². The Morgan fingerprint density at radius 3 is 2.88 bits per heavy atom. The fraction of sp³-hybridized carbons (Fsp3) is 0.360. The average molecular weight is 466 g/mol. The van der Waals surface area contributed by atoms with E-state index in [-0.39, 0.29) is 18.5 Å². The molecular formula is C25H27N3O4S. The topological polar surface area (TPSA) is 75.8 Å². The van der Waals surface area contributed by atoms with E-state index >= 15 is 0 Å². The first-order valence-corrected chi connectivity index (χ1v) is 11.6. The number of ether oxygens (including phenoxy) is 3. The molecule has 0 unspecified atom stereocenters. The first-order valence-electron chi connectivity index (χ1n) is 11.2. The minimum atomic E-state index is -0.106. The van der Waals surface area contributed by atoms with E-state index in [9.17, 15) is 4.79 Å². The van der Waals surface area contributed by atoms with Crippen molar-refractivity contribution in [3.8, 4) is 11.5 Å². The highest BCUT2D eigenvalue weighted by molar-refractivity contribution is 7.80. The number of hydrogen-bond acceptors (Lipinski definition) is 5. The van der Waals surface area contributed by atoms with E-state index in [0.29, 0.717) is 30.3 Å². The van der Waals surface area contributed by atoms with Gasteiger partial charge >= 0.3 is 0 Å². The fourth-order valence-electron chi connectivity index (χ4n) is 4.26. The molecular weight excluding hydrogens is 438 g/mol. The number of nitrogens with zero attached hydrogens (tertiary/aromatic N) is 1. The molecule has 1 fully saturated rings. The van der Waals surface area contributed by atoms with Crippen LogP contribution in [0.25, 0.3) is 10.9 Å². The number of H-pyrrole nitrogens is 1. The van der Waals surface area contributed by atoms with Crippen molar-refractivity contribution in [2.45, 2.75) is 39.0 Å². The second-order valence-corrected chi connectivity index (χ2v) is 8.97. The van der Waals surface area contributed by atoms with E-state index in [2.05, 4.69) is 10.3 Å². The number of pyridine rings is 1. The lowest BCUT2D eigenvalue weighted by molar-refractivity contribution is 0.113. The summed E-state index contributed by atoms with van der Waals surface area (Å²) in [4.78, 5) is 17.9. The van der Waals surface area contributed by atoms with E-state index in [1.54, 1.807) is 0 Å². The Morgan fingerprint density at radius 1 is 1.15 bits per heavy atom. The number of hydrogen-bond donors (Lipinski definition) is 2. The molecule has 5 rings (SSSR count). The van der Waals surface area contributed by atoms with Crippen molar-refractivity contribution in [3.05, 3.63) is 69.5 Å². The van der Waals surface area contributed by atoms with Crippen molar-refractivity contribution in [1.29, 1.82) is 0 Å². The van der Waals surface area contributed by atoms with Crippen LogP contribution in [0.4, 0.5) is 0 Å². The monoisotopic (exact) mass is 465 g/mol. The van der Waals surface area contributed by atoms with E-state index < -0.39 is 0 Å². The second kappa shape index (κ2) is 9.41. The number of aromatic nitrogens is 1. The van der Waals surface area contributed by atoms with Crippen LogP contribution in [0.15, 0.2) is 47.3 Å². The molecule has 172 valence electrons. The minimum Gasteiger partial charge on any atom is -0.454 e. The van der Waals surface area contributed by atoms with Crippen LogP contribution in [0.3, 0.4) is 0 Å². The molecule has 0 amide bonds. The molecule has 3 aromatic rings. The molecule has 1 atom stereocenters. The van der Waals surface area contributed by atoms with Crippen LogP contribution in [-0.2, 0) is 17.8 Å². The molecule has 0 aliphatic carbocycles. The van der Waals surface area contributed by atoms with Gasteiger partial charge in [0.25, 0.3) is 5.56 Å². The van der Waals surface area contributed by atoms with E-state index in [1.807, 2.05) is 54.3 Å². The van der Waals surface area contributed by atoms with Gasteiger partial charge in [0.05, 0.1) is 12.6 Å². The Morgan fingerprint density at radius 2 is 2.03 bits per heavy atom. The van der Waals surface area contributed by atoms with Crippen molar-refractivity contribution in [2.75, 3.05) is 19.9 Å². The van der Waals surface area contributed by atoms with Crippen molar-refractivity contribution in [2.24, 2.45) is 0 Å². The molecule has 0 radical (unpaired) electrons. The maximum Gasteiger partial charge on any atom is 0.253 e. The third-order valence-electron chi connectivity index (χ3n) is 6.04. The van der Waals surface area contributed by atoms with Gasteiger partial charge in [-0.15, -0.1) is 0 Å². The first-order chi connectivity index (χ1) is 16.0. The van der Waals surface area contributed by atoms with Crippen LogP contribution in [0.2, 0.25) is 0 Å². The van der Waals surface area contributed by atoms with Crippen LogP contribution in [0.5, 0.6) is 11.5 Å². The van der Waals surface area contributed by atoms with Crippen LogP contribution >= 0.6 is 12.2 Å². The van der Waals surface area contributed by atoms with Gasteiger partial charge in [-0.2, -0.15) is 0 Å². The number of nitrogens with one attached hydrogen (secondary N) is 2. The third kappa shape index (κ3) is 4.96. The summed E-state index contributed by atoms with van der Waals surface area (Å²) < 4.78 is 16.7. The maximum absolute atomic E-state index is 12.9. The van der Waals surface area contributed by atoms with Gasteiger partial charge in [0, 0.05) is 30.8 Å². The van der Waals surface area contributed by atoms with Gasteiger partial charge in [-0.05, 0) is 72.8 Å². The molecule has 1 saturated heterocycles. The van der Waals surface area contributed by atoms with E-state index in [4.69, 9.17) is 26.4 Å². The highest BCUT2D eigenvalue weighted by atomic mass is 32.1. The van der Waals surface area contributed by atoms with Gasteiger partial charge in [0.1, 0.15) is 0 Å². The van der Waals surface area contributed by atoms with Crippen molar-refractivity contribution >= 4 is 28.2 Å². The lowest BCUT2D eigenvalue weighted by Gasteiger charge is -2.27. The third-order valence-corrected chi connectivity index (χ3v) is 6.44. The Labute approximate surface area is 197 Å². The van der Waals surface area contributed by atoms with Crippen LogP contribution in [0, 0.1) is 6.92 Å². The van der Waals surface area contributed by atoms with Gasteiger partial charge in [-0.25, -0.2) is 0 Å². The fourth-order valence-corrected chi connectivity index (χ4v) is 4.47. The smallest absolute Gasteiger partial charge is 0.253 e. The van der Waals surface area contributed by atoms with E-state index in [1.165, 1.54) is 0 Å². The number of fused-ring (bicyclic) bond motifs is 2. The maximum atomic E-state index is 12.9. The SMILES string of the molecule is Cc1ccc2cc(CN(Cc3ccc4c(c3)OCO4)C(=S)NC[C@@H]3CCCO3)c(=O)[nH]c2c1. The molecule has 2 aromatic carbocycles. The molecule has 2 N–H and O–H groups in total. The summed E-state index contributed by atoms with van der Waals surface area (Å²) in [7, 11) is 0. The van der Waals surface area contributed by atoms with Crippen molar-refractivity contribution < 1.29 is 14.2 Å². The highest BCUT2D eigenvalue weighted by Crippen LogP contribution is 2.33. The van der Waals surface area contributed by atoms with Gasteiger partial charge in [0.2, 0.25) is 6.79 Å². The Bertz CT molecular complexity index is 1240. The van der Waals surface area contributed by atoms with E-state index in [0.717, 1.165) is 53.0 Å². The zero-order chi connectivity index (χ0) is 22.8. The van der Waals surface area contributed by atoms with Crippen LogP contribution in [-0.4, -0.2) is 41.0 Å². The number of benzene rings is 2. The number of rotatable bonds is 6. The number of aromatic amines is 1. The molecule has 0 saturated carbocycles. The van der Waals surface area contributed by atoms with Gasteiger partial charge in [-0.1, -0.05) is 18.2 Å². The Balaban J connectivity index is 1.39. The zero-order valence-electron chi connectivity index (χ0n) is 18.6. The summed E-state index contributed by atoms with van der Waals surface area (Å²) in [6.45, 7) is 4.60. The Hall–Kier alpha value is -3.10. The minimum absolute atomic E-state index is 0.106. The standard InChI is InChI=1S/C25H27N3O4S/c1-16-4-6-18-11-19(24(29)27-21(18)9-16)14-28(25(33)26-12-20-3-2-8-30-20)13-17-5-7-22-23(10-17)32-15-31-22/h4-7,9-11,20H,2-3,8,12-15H2,1H3,(H,26,33)(H,27,29)/t20-/m0/s1. The molecule has 3 heterocycles. The summed E-state index contributed by atoms with van der Waals surface area (Å²) in [6, 6.07) is 13.9. The summed E-state index contributed by atoms with van der Waals surface area (Å²) in [6.07, 6.45) is 2.27. The average Bonchev–Trinajstić information content (AvgIpc) is 3.49. The summed E-state index contributed by atoms with van der Waals surface area (Å²) >= 11 is 5.76. The lowest BCUT2D eigenvalue weighted by Crippen LogP contribution is -2.42. The predicted molar refractivity (Wildman–Crippen MR) is 131 cm³/mol. The van der Waals surface area contributed by atoms with Crippen LogP contribution < -0.4 is 20.3 Å². The Kier molecular flexibility index (Phi) is 6.20.